The monoisotopic (exact) mass is 173 g/mol. The maximum absolute atomic E-state index is 9.77. The second-order valence-electron chi connectivity index (χ2n) is 1.36. The minimum absolute atomic E-state index is 0. The van der Waals surface area contributed by atoms with Crippen molar-refractivity contribution in [3.05, 3.63) is 0 Å². The van der Waals surface area contributed by atoms with E-state index in [2.05, 4.69) is 5.32 Å². The number of hydrogen-bond acceptors (Lipinski definition) is 3. The molecule has 4 nitrogen and oxygen atoms in total. The van der Waals surface area contributed by atoms with Crippen molar-refractivity contribution in [3.8, 4) is 0 Å². The van der Waals surface area contributed by atoms with Crippen molar-refractivity contribution in [1.29, 1.82) is 0 Å². The molecule has 9 heavy (non-hydrogen) atoms. The van der Waals surface area contributed by atoms with E-state index < -0.39 is 5.97 Å². The molecule has 0 aliphatic heterocycles. The Kier molecular flexibility index (Phi) is 10.3. The summed E-state index contributed by atoms with van der Waals surface area (Å²) in [6, 6.07) is 0. The summed E-state index contributed by atoms with van der Waals surface area (Å²) in [4.78, 5) is 9.77. The molecule has 0 fully saturated rings. The topological polar surface area (TPSA) is 75.3 Å². The van der Waals surface area contributed by atoms with Crippen LogP contribution in [0.3, 0.4) is 0 Å². The third-order valence-electron chi connectivity index (χ3n) is 0.597. The van der Waals surface area contributed by atoms with Crippen molar-refractivity contribution in [2.75, 3.05) is 19.6 Å². The molecular weight excluding hydrogens is 163 g/mol. The van der Waals surface area contributed by atoms with Gasteiger partial charge in [-0.1, -0.05) is 0 Å². The predicted molar refractivity (Wildman–Crippen MR) is 29.6 cm³/mol. The molecule has 1 radical (unpaired) electrons. The van der Waals surface area contributed by atoms with E-state index in [1.165, 1.54) is 0 Å². The molecule has 4 N–H and O–H groups in total. The molecule has 55 valence electrons. The molecule has 0 saturated carbocycles. The van der Waals surface area contributed by atoms with Crippen molar-refractivity contribution in [2.24, 2.45) is 5.73 Å². The van der Waals surface area contributed by atoms with Crippen LogP contribution in [0.1, 0.15) is 0 Å². The third kappa shape index (κ3) is 11.5. The Labute approximate surface area is 64.3 Å². The number of carboxylic acid groups (broad SMARTS) is 1. The minimum atomic E-state index is -0.849. The number of nitrogens with two attached hydrogens (primary N) is 1. The van der Waals surface area contributed by atoms with Crippen LogP contribution in [0.25, 0.3) is 0 Å². The molecule has 0 atom stereocenters. The van der Waals surface area contributed by atoms with E-state index in [9.17, 15) is 4.79 Å². The van der Waals surface area contributed by atoms with Gasteiger partial charge in [0.05, 0.1) is 6.54 Å². The smallest absolute Gasteiger partial charge is 0.317 e. The van der Waals surface area contributed by atoms with Crippen molar-refractivity contribution in [2.45, 2.75) is 0 Å². The molecule has 0 aromatic rings. The molecule has 0 aromatic carbocycles. The summed E-state index contributed by atoms with van der Waals surface area (Å²) in [6.07, 6.45) is 0. The molecule has 0 bridgehead atoms. The second-order valence-corrected chi connectivity index (χ2v) is 1.36. The van der Waals surface area contributed by atoms with E-state index in [0.29, 0.717) is 13.1 Å². The first-order chi connectivity index (χ1) is 3.77. The van der Waals surface area contributed by atoms with Crippen LogP contribution in [0.2, 0.25) is 0 Å². The standard InChI is InChI=1S/C4H10N2O2.Mn/c5-1-2-6-3-4(7)8;/h6H,1-3,5H2,(H,7,8);. The van der Waals surface area contributed by atoms with E-state index in [4.69, 9.17) is 10.8 Å². The van der Waals surface area contributed by atoms with Crippen LogP contribution in [0.4, 0.5) is 0 Å². The number of carbonyl (C=O) groups is 1. The summed E-state index contributed by atoms with van der Waals surface area (Å²) < 4.78 is 0. The van der Waals surface area contributed by atoms with Gasteiger partial charge >= 0.3 is 5.97 Å². The molecule has 0 saturated heterocycles. The summed E-state index contributed by atoms with van der Waals surface area (Å²) in [7, 11) is 0. The molecular formula is C4H10MnN2O2. The van der Waals surface area contributed by atoms with Crippen molar-refractivity contribution >= 4 is 5.97 Å². The normalized spacial score (nSPS) is 8.11. The van der Waals surface area contributed by atoms with E-state index in [-0.39, 0.29) is 23.6 Å². The van der Waals surface area contributed by atoms with Gasteiger partial charge in [0.25, 0.3) is 0 Å². The van der Waals surface area contributed by atoms with Crippen LogP contribution < -0.4 is 11.1 Å². The number of carboxylic acids is 1. The van der Waals surface area contributed by atoms with E-state index in [1.54, 1.807) is 0 Å². The van der Waals surface area contributed by atoms with Gasteiger partial charge in [0, 0.05) is 30.2 Å². The zero-order chi connectivity index (χ0) is 6.41. The van der Waals surface area contributed by atoms with Crippen LogP contribution in [0.5, 0.6) is 0 Å². The zero-order valence-corrected chi connectivity index (χ0v) is 6.11. The fourth-order valence-electron chi connectivity index (χ4n) is 0.297. The molecule has 5 heteroatoms. The van der Waals surface area contributed by atoms with Gasteiger partial charge in [0.1, 0.15) is 0 Å². The molecule has 0 unspecified atom stereocenters. The van der Waals surface area contributed by atoms with Crippen LogP contribution in [0.15, 0.2) is 0 Å². The molecule has 0 aromatic heterocycles. The first-order valence-electron chi connectivity index (χ1n) is 2.40. The summed E-state index contributed by atoms with van der Waals surface area (Å²) in [5, 5.41) is 10.6. The SMILES string of the molecule is NCCNCC(=O)O.[Mn]. The molecule has 0 amide bonds. The van der Waals surface area contributed by atoms with Gasteiger partial charge < -0.3 is 16.2 Å². The van der Waals surface area contributed by atoms with Gasteiger partial charge in [-0.05, 0) is 0 Å². The third-order valence-corrected chi connectivity index (χ3v) is 0.597. The molecule has 0 heterocycles. The van der Waals surface area contributed by atoms with Crippen molar-refractivity contribution in [3.63, 3.8) is 0 Å². The summed E-state index contributed by atoms with van der Waals surface area (Å²) in [5.74, 6) is -0.849. The van der Waals surface area contributed by atoms with Gasteiger partial charge in [-0.25, -0.2) is 0 Å². The van der Waals surface area contributed by atoms with Crippen LogP contribution in [0, 0.1) is 0 Å². The Balaban J connectivity index is 0. The van der Waals surface area contributed by atoms with Gasteiger partial charge in [0.15, 0.2) is 0 Å². The average molecular weight is 173 g/mol. The fraction of sp³-hybridized carbons (Fsp3) is 0.750. The summed E-state index contributed by atoms with van der Waals surface area (Å²) in [6.45, 7) is 1.04. The molecule has 0 spiro atoms. The Morgan fingerprint density at radius 1 is 1.67 bits per heavy atom. The Morgan fingerprint density at radius 3 is 2.56 bits per heavy atom. The average Bonchev–Trinajstić information content (AvgIpc) is 1.66. The number of hydrogen-bond donors (Lipinski definition) is 3. The van der Waals surface area contributed by atoms with Gasteiger partial charge in [-0.3, -0.25) is 4.79 Å². The van der Waals surface area contributed by atoms with Crippen molar-refractivity contribution < 1.29 is 27.0 Å². The Morgan fingerprint density at radius 2 is 2.22 bits per heavy atom. The quantitative estimate of drug-likeness (QED) is 0.361. The Bertz CT molecular complexity index is 79.0. The number of aliphatic carboxylic acids is 1. The first kappa shape index (κ1) is 11.7. The number of rotatable bonds is 4. The van der Waals surface area contributed by atoms with E-state index in [1.807, 2.05) is 0 Å². The van der Waals surface area contributed by atoms with E-state index in [0.717, 1.165) is 0 Å². The minimum Gasteiger partial charge on any atom is -0.480 e. The molecule has 0 rings (SSSR count). The molecule has 0 aliphatic carbocycles. The predicted octanol–water partition coefficient (Wildman–Crippen LogP) is -1.38. The van der Waals surface area contributed by atoms with Crippen LogP contribution in [-0.2, 0) is 21.9 Å². The second kappa shape index (κ2) is 7.91. The van der Waals surface area contributed by atoms with Crippen LogP contribution >= 0.6 is 0 Å². The number of nitrogens with one attached hydrogen (secondary N) is 1. The van der Waals surface area contributed by atoms with Gasteiger partial charge in [0.2, 0.25) is 0 Å². The summed E-state index contributed by atoms with van der Waals surface area (Å²) in [5.41, 5.74) is 5.06. The first-order valence-corrected chi connectivity index (χ1v) is 2.40. The zero-order valence-electron chi connectivity index (χ0n) is 4.93. The Hall–Kier alpha value is -0.0905. The fourth-order valence-corrected chi connectivity index (χ4v) is 0.297. The molecule has 0 aliphatic rings. The van der Waals surface area contributed by atoms with Crippen molar-refractivity contribution in [1.82, 2.24) is 5.32 Å². The maximum atomic E-state index is 9.77. The summed E-state index contributed by atoms with van der Waals surface area (Å²) >= 11 is 0. The van der Waals surface area contributed by atoms with Gasteiger partial charge in [-0.2, -0.15) is 0 Å². The maximum Gasteiger partial charge on any atom is 0.317 e. The largest absolute Gasteiger partial charge is 0.480 e. The van der Waals surface area contributed by atoms with Crippen LogP contribution in [-0.4, -0.2) is 30.7 Å². The van der Waals surface area contributed by atoms with Gasteiger partial charge in [-0.15, -0.1) is 0 Å². The van der Waals surface area contributed by atoms with E-state index >= 15 is 0 Å².